The molecule has 1 unspecified atom stereocenters. The zero-order valence-electron chi connectivity index (χ0n) is 12.5. The first-order valence-corrected chi connectivity index (χ1v) is 5.60. The van der Waals surface area contributed by atoms with Crippen molar-refractivity contribution in [3.8, 4) is 11.5 Å². The van der Waals surface area contributed by atoms with E-state index in [4.69, 9.17) is 13.6 Å². The topological polar surface area (TPSA) is 30.5 Å². The number of nitrogens with one attached hydrogen (secondary N) is 1. The summed E-state index contributed by atoms with van der Waals surface area (Å²) < 4.78 is 32.2. The predicted molar refractivity (Wildman–Crippen MR) is 64.0 cm³/mol. The van der Waals surface area contributed by atoms with Gasteiger partial charge in [-0.3, -0.25) is 0 Å². The van der Waals surface area contributed by atoms with Gasteiger partial charge in [-0.2, -0.15) is 0 Å². The van der Waals surface area contributed by atoms with Crippen molar-refractivity contribution in [2.24, 2.45) is 0 Å². The van der Waals surface area contributed by atoms with E-state index in [9.17, 15) is 0 Å². The lowest BCUT2D eigenvalue weighted by Crippen LogP contribution is -2.30. The molecular weight excluding hydrogens is 202 g/mol. The van der Waals surface area contributed by atoms with E-state index in [-0.39, 0.29) is 19.4 Å². The molecule has 1 aromatic carbocycles. The van der Waals surface area contributed by atoms with Crippen LogP contribution in [0, 0.1) is 0 Å². The Morgan fingerprint density at radius 3 is 3.12 bits per heavy atom. The average Bonchev–Trinajstić information content (AvgIpc) is 2.80. The van der Waals surface area contributed by atoms with Crippen LogP contribution in [0.1, 0.15) is 29.9 Å². The first-order valence-electron chi connectivity index (χ1n) is 7.10. The number of hydrogen-bond donors (Lipinski definition) is 1. The molecule has 1 atom stereocenters. The molecule has 0 saturated heterocycles. The molecule has 1 N–H and O–H groups in total. The van der Waals surface area contributed by atoms with E-state index in [0.717, 1.165) is 29.9 Å². The molecule has 0 aromatic heterocycles. The number of fused-ring (bicyclic) bond motifs is 1. The van der Waals surface area contributed by atoms with Crippen LogP contribution >= 0.6 is 0 Å². The first-order chi connectivity index (χ1) is 8.98. The van der Waals surface area contributed by atoms with Crippen molar-refractivity contribution < 1.29 is 13.6 Å². The minimum atomic E-state index is -1.93. The van der Waals surface area contributed by atoms with Gasteiger partial charge in [-0.05, 0) is 37.1 Å². The zero-order valence-corrected chi connectivity index (χ0v) is 9.45. The molecule has 0 spiro atoms. The highest BCUT2D eigenvalue weighted by Gasteiger charge is 2.14. The summed E-state index contributed by atoms with van der Waals surface area (Å²) in [6.45, 7) is 0.426. The SMILES string of the molecule is [2H]C([2H])([2H])CNC(CC)Cc1ccc2c(c1)OCO2. The summed E-state index contributed by atoms with van der Waals surface area (Å²) in [5, 5.41) is 3.09. The molecule has 88 valence electrons. The molecule has 0 saturated carbocycles. The molecule has 1 aliphatic rings. The van der Waals surface area contributed by atoms with Crippen molar-refractivity contribution in [1.82, 2.24) is 5.32 Å². The van der Waals surface area contributed by atoms with Crippen LogP contribution in [-0.4, -0.2) is 19.4 Å². The van der Waals surface area contributed by atoms with Crippen molar-refractivity contribution in [2.45, 2.75) is 32.7 Å². The summed E-state index contributed by atoms with van der Waals surface area (Å²) in [7, 11) is 0. The summed E-state index contributed by atoms with van der Waals surface area (Å²) in [5.41, 5.74) is 1.12. The van der Waals surface area contributed by atoms with Gasteiger partial charge in [-0.25, -0.2) is 0 Å². The van der Waals surface area contributed by atoms with Gasteiger partial charge in [0, 0.05) is 10.2 Å². The second-order valence-electron chi connectivity index (χ2n) is 3.88. The molecule has 16 heavy (non-hydrogen) atoms. The highest BCUT2D eigenvalue weighted by Crippen LogP contribution is 2.32. The second-order valence-corrected chi connectivity index (χ2v) is 3.88. The maximum atomic E-state index is 7.21. The van der Waals surface area contributed by atoms with E-state index in [0.29, 0.717) is 0 Å². The summed E-state index contributed by atoms with van der Waals surface area (Å²) in [6, 6.07) is 6.00. The Balaban J connectivity index is 1.94. The number of ether oxygens (including phenoxy) is 2. The van der Waals surface area contributed by atoms with Crippen molar-refractivity contribution in [3.05, 3.63) is 23.8 Å². The quantitative estimate of drug-likeness (QED) is 0.832. The molecule has 0 bridgehead atoms. The standard InChI is InChI=1S/C13H19NO2/c1-3-11(14-4-2)7-10-5-6-12-13(8-10)16-9-15-12/h5-6,8,11,14H,3-4,7,9H2,1-2H3/i2D3. The molecule has 1 aromatic rings. The molecule has 3 heteroatoms. The zero-order chi connectivity index (χ0) is 13.9. The second kappa shape index (κ2) is 5.21. The van der Waals surface area contributed by atoms with Gasteiger partial charge in [0.25, 0.3) is 0 Å². The molecule has 0 aliphatic carbocycles. The summed E-state index contributed by atoms with van der Waals surface area (Å²) in [4.78, 5) is 0. The highest BCUT2D eigenvalue weighted by atomic mass is 16.7. The maximum absolute atomic E-state index is 7.21. The maximum Gasteiger partial charge on any atom is 0.231 e. The molecule has 0 amide bonds. The largest absolute Gasteiger partial charge is 0.454 e. The Morgan fingerprint density at radius 1 is 1.44 bits per heavy atom. The number of benzene rings is 1. The molecule has 1 heterocycles. The molecule has 2 rings (SSSR count). The first kappa shape index (κ1) is 7.96. The summed E-state index contributed by atoms with van der Waals surface area (Å²) >= 11 is 0. The van der Waals surface area contributed by atoms with Crippen LogP contribution < -0.4 is 14.8 Å². The highest BCUT2D eigenvalue weighted by molar-refractivity contribution is 5.44. The van der Waals surface area contributed by atoms with E-state index in [1.165, 1.54) is 0 Å². The lowest BCUT2D eigenvalue weighted by Gasteiger charge is -2.15. The van der Waals surface area contributed by atoms with E-state index in [1.807, 2.05) is 25.1 Å². The number of hydrogen-bond acceptors (Lipinski definition) is 3. The summed E-state index contributed by atoms with van der Waals surface area (Å²) in [5.74, 6) is 1.54. The molecule has 1 aliphatic heterocycles. The third-order valence-corrected chi connectivity index (χ3v) is 2.80. The Hall–Kier alpha value is -1.22. The smallest absolute Gasteiger partial charge is 0.231 e. The van der Waals surface area contributed by atoms with Crippen LogP contribution in [-0.2, 0) is 6.42 Å². The van der Waals surface area contributed by atoms with E-state index >= 15 is 0 Å². The molecule has 0 fully saturated rings. The Labute approximate surface area is 101 Å². The van der Waals surface area contributed by atoms with Crippen molar-refractivity contribution >= 4 is 0 Å². The van der Waals surface area contributed by atoms with Crippen LogP contribution in [0.2, 0.25) is 0 Å². The molecule has 3 nitrogen and oxygen atoms in total. The van der Waals surface area contributed by atoms with E-state index in [1.54, 1.807) is 0 Å². The predicted octanol–water partition coefficient (Wildman–Crippen LogP) is 2.35. The fourth-order valence-electron chi connectivity index (χ4n) is 1.86. The van der Waals surface area contributed by atoms with Gasteiger partial charge in [0.2, 0.25) is 6.79 Å². The average molecular weight is 224 g/mol. The third kappa shape index (κ3) is 2.47. The van der Waals surface area contributed by atoms with Gasteiger partial charge in [0.15, 0.2) is 11.5 Å². The Bertz CT molecular complexity index is 434. The molecular formula is C13H19NO2. The lowest BCUT2D eigenvalue weighted by atomic mass is 10.0. The monoisotopic (exact) mass is 224 g/mol. The lowest BCUT2D eigenvalue weighted by molar-refractivity contribution is 0.174. The minimum absolute atomic E-state index is 0.0378. The van der Waals surface area contributed by atoms with Crippen molar-refractivity contribution in [3.63, 3.8) is 0 Å². The Kier molecular flexibility index (Phi) is 2.59. The fraction of sp³-hybridized carbons (Fsp3) is 0.538. The van der Waals surface area contributed by atoms with Crippen LogP contribution in [0.25, 0.3) is 0 Å². The van der Waals surface area contributed by atoms with Gasteiger partial charge in [-0.1, -0.05) is 19.8 Å². The molecule has 0 radical (unpaired) electrons. The van der Waals surface area contributed by atoms with E-state index < -0.39 is 6.85 Å². The van der Waals surface area contributed by atoms with E-state index in [2.05, 4.69) is 5.32 Å². The van der Waals surface area contributed by atoms with Crippen molar-refractivity contribution in [2.75, 3.05) is 13.3 Å². The number of rotatable bonds is 5. The minimum Gasteiger partial charge on any atom is -0.454 e. The Morgan fingerprint density at radius 2 is 2.31 bits per heavy atom. The van der Waals surface area contributed by atoms with Gasteiger partial charge in [0.05, 0.1) is 0 Å². The number of likely N-dealkylation sites (N-methyl/N-ethyl adjacent to an activating group) is 1. The van der Waals surface area contributed by atoms with Crippen LogP contribution in [0.3, 0.4) is 0 Å². The van der Waals surface area contributed by atoms with Crippen LogP contribution in [0.4, 0.5) is 0 Å². The third-order valence-electron chi connectivity index (χ3n) is 2.80. The van der Waals surface area contributed by atoms with Crippen molar-refractivity contribution in [1.29, 1.82) is 0 Å². The van der Waals surface area contributed by atoms with Crippen LogP contribution in [0.15, 0.2) is 18.2 Å². The van der Waals surface area contributed by atoms with Gasteiger partial charge < -0.3 is 14.8 Å². The van der Waals surface area contributed by atoms with Gasteiger partial charge >= 0.3 is 0 Å². The van der Waals surface area contributed by atoms with Gasteiger partial charge in [-0.15, -0.1) is 0 Å². The van der Waals surface area contributed by atoms with Crippen LogP contribution in [0.5, 0.6) is 11.5 Å². The van der Waals surface area contributed by atoms with Gasteiger partial charge in [0.1, 0.15) is 0 Å². The summed E-state index contributed by atoms with van der Waals surface area (Å²) in [6.07, 6.45) is 1.66. The fourth-order valence-corrected chi connectivity index (χ4v) is 1.86. The normalized spacial score (nSPS) is 18.7.